The second kappa shape index (κ2) is 11.4. The minimum Gasteiger partial charge on any atom is -0.310 e. The summed E-state index contributed by atoms with van der Waals surface area (Å²) >= 11 is 1.78. The van der Waals surface area contributed by atoms with Crippen molar-refractivity contribution in [3.05, 3.63) is 239 Å². The molecule has 0 saturated heterocycles. The highest BCUT2D eigenvalue weighted by Crippen LogP contribution is 2.62. The van der Waals surface area contributed by atoms with Crippen molar-refractivity contribution in [2.45, 2.75) is 21.0 Å². The third-order valence-electron chi connectivity index (χ3n) is 12.1. The van der Waals surface area contributed by atoms with E-state index in [2.05, 4.69) is 210 Å². The lowest BCUT2D eigenvalue weighted by Crippen LogP contribution is -2.39. The highest BCUT2D eigenvalue weighted by Gasteiger charge is 2.52. The van der Waals surface area contributed by atoms with E-state index in [4.69, 9.17) is 4.98 Å². The van der Waals surface area contributed by atoms with Crippen molar-refractivity contribution in [3.8, 4) is 11.1 Å². The molecule has 0 amide bonds. The van der Waals surface area contributed by atoms with E-state index in [1.54, 1.807) is 11.8 Å². The van der Waals surface area contributed by atoms with Crippen LogP contribution in [-0.2, 0) is 11.0 Å². The smallest absolute Gasteiger partial charge is 0.175 e. The SMILES string of the molecule is c1ccc(C2(c3ccccc3)c3ccccc3N(c3ccc4c(c3)Sc3nc5ccccc5n3C43c4ccccc4-c4ccccc43)c3ccccc32)cc1. The zero-order chi connectivity index (χ0) is 36.1. The van der Waals surface area contributed by atoms with Gasteiger partial charge < -0.3 is 4.90 Å². The molecule has 0 radical (unpaired) electrons. The van der Waals surface area contributed by atoms with Gasteiger partial charge in [-0.05, 0) is 80.9 Å². The van der Waals surface area contributed by atoms with Gasteiger partial charge in [0.05, 0.1) is 27.8 Å². The monoisotopic (exact) mass is 719 g/mol. The minimum atomic E-state index is -0.578. The van der Waals surface area contributed by atoms with Crippen molar-refractivity contribution < 1.29 is 0 Å². The maximum Gasteiger partial charge on any atom is 0.175 e. The maximum atomic E-state index is 5.33. The van der Waals surface area contributed by atoms with Gasteiger partial charge in [-0.25, -0.2) is 4.98 Å². The Morgan fingerprint density at radius 1 is 0.436 bits per heavy atom. The number of para-hydroxylation sites is 4. The van der Waals surface area contributed by atoms with Crippen LogP contribution in [0.25, 0.3) is 22.2 Å². The lowest BCUT2D eigenvalue weighted by Gasteiger charge is -2.46. The van der Waals surface area contributed by atoms with E-state index >= 15 is 0 Å². The standard InChI is InChI=1S/C51H33N3S/c1-3-17-34(18-4-1)50(35-19-5-2-6-20-35)41-25-11-14-28-45(41)53(46-29-15-12-26-42(46)50)36-31-32-43-48(33-36)55-49-52-44-27-13-16-30-47(44)54(49)51(43)39-23-9-7-21-37(39)38-22-8-10-24-40(38)51/h1-33H. The highest BCUT2D eigenvalue weighted by atomic mass is 32.2. The summed E-state index contributed by atoms with van der Waals surface area (Å²) < 4.78 is 2.51. The summed E-state index contributed by atoms with van der Waals surface area (Å²) in [6, 6.07) is 73.7. The normalized spacial score (nSPS) is 15.1. The Balaban J connectivity index is 1.14. The Kier molecular flexibility index (Phi) is 6.41. The molecule has 3 aliphatic rings. The highest BCUT2D eigenvalue weighted by molar-refractivity contribution is 7.99. The predicted molar refractivity (Wildman–Crippen MR) is 224 cm³/mol. The minimum absolute atomic E-state index is 0.513. The van der Waals surface area contributed by atoms with Crippen molar-refractivity contribution in [3.63, 3.8) is 0 Å². The van der Waals surface area contributed by atoms with E-state index in [9.17, 15) is 0 Å². The summed E-state index contributed by atoms with van der Waals surface area (Å²) in [5.41, 5.74) is 16.0. The van der Waals surface area contributed by atoms with Crippen molar-refractivity contribution in [2.24, 2.45) is 0 Å². The first-order valence-corrected chi connectivity index (χ1v) is 19.7. The summed E-state index contributed by atoms with van der Waals surface area (Å²) in [6.45, 7) is 0. The fourth-order valence-corrected chi connectivity index (χ4v) is 11.3. The molecule has 1 aromatic heterocycles. The zero-order valence-electron chi connectivity index (χ0n) is 29.8. The Morgan fingerprint density at radius 2 is 0.945 bits per heavy atom. The fraction of sp³-hybridized carbons (Fsp3) is 0.0392. The number of hydrogen-bond acceptors (Lipinski definition) is 3. The molecular weight excluding hydrogens is 687 g/mol. The number of imidazole rings is 1. The number of nitrogens with zero attached hydrogens (tertiary/aromatic N) is 3. The Labute approximate surface area is 324 Å². The molecule has 1 aliphatic carbocycles. The van der Waals surface area contributed by atoms with Gasteiger partial charge in [-0.2, -0.15) is 0 Å². The average molecular weight is 720 g/mol. The fourth-order valence-electron chi connectivity index (χ4n) is 10.1. The van der Waals surface area contributed by atoms with E-state index in [0.29, 0.717) is 0 Å². The van der Waals surface area contributed by atoms with E-state index in [1.807, 2.05) is 0 Å². The maximum absolute atomic E-state index is 5.33. The quantitative estimate of drug-likeness (QED) is 0.181. The summed E-state index contributed by atoms with van der Waals surface area (Å²) in [4.78, 5) is 9.02. The molecule has 0 atom stereocenters. The molecule has 258 valence electrons. The summed E-state index contributed by atoms with van der Waals surface area (Å²) in [5.74, 6) is 0. The van der Waals surface area contributed by atoms with Gasteiger partial charge in [-0.15, -0.1) is 0 Å². The molecule has 0 fully saturated rings. The Bertz CT molecular complexity index is 2850. The van der Waals surface area contributed by atoms with Crippen LogP contribution in [0.2, 0.25) is 0 Å². The van der Waals surface area contributed by atoms with Crippen molar-refractivity contribution in [1.29, 1.82) is 0 Å². The Hall–Kier alpha value is -6.62. The number of fused-ring (bicyclic) bond motifs is 13. The van der Waals surface area contributed by atoms with Crippen molar-refractivity contribution >= 4 is 39.9 Å². The first-order chi connectivity index (χ1) is 27.3. The van der Waals surface area contributed by atoms with Gasteiger partial charge in [0, 0.05) is 16.1 Å². The first kappa shape index (κ1) is 30.8. The number of anilines is 3. The van der Waals surface area contributed by atoms with Gasteiger partial charge in [0.25, 0.3) is 0 Å². The molecule has 3 nitrogen and oxygen atoms in total. The molecule has 0 N–H and O–H groups in total. The third-order valence-corrected chi connectivity index (χ3v) is 13.1. The lowest BCUT2D eigenvalue weighted by molar-refractivity contribution is 0.484. The van der Waals surface area contributed by atoms with Crippen LogP contribution in [0, 0.1) is 0 Å². The molecular formula is C51H33N3S. The number of aromatic nitrogens is 2. The summed E-state index contributed by atoms with van der Waals surface area (Å²) in [7, 11) is 0. The molecule has 55 heavy (non-hydrogen) atoms. The molecule has 3 heterocycles. The van der Waals surface area contributed by atoms with Crippen LogP contribution in [0.4, 0.5) is 17.1 Å². The van der Waals surface area contributed by atoms with Crippen LogP contribution in [0.15, 0.2) is 210 Å². The van der Waals surface area contributed by atoms with Gasteiger partial charge >= 0.3 is 0 Å². The number of benzene rings is 8. The molecule has 0 unspecified atom stereocenters. The van der Waals surface area contributed by atoms with Crippen LogP contribution in [0.3, 0.4) is 0 Å². The van der Waals surface area contributed by atoms with Crippen LogP contribution < -0.4 is 4.90 Å². The zero-order valence-corrected chi connectivity index (χ0v) is 30.6. The van der Waals surface area contributed by atoms with Crippen LogP contribution in [-0.4, -0.2) is 9.55 Å². The van der Waals surface area contributed by atoms with E-state index in [-0.39, 0.29) is 0 Å². The molecule has 2 aliphatic heterocycles. The van der Waals surface area contributed by atoms with Crippen LogP contribution in [0.1, 0.15) is 38.9 Å². The van der Waals surface area contributed by atoms with Crippen molar-refractivity contribution in [1.82, 2.24) is 9.55 Å². The third kappa shape index (κ3) is 3.94. The van der Waals surface area contributed by atoms with Crippen LogP contribution >= 0.6 is 11.8 Å². The first-order valence-electron chi connectivity index (χ1n) is 18.9. The predicted octanol–water partition coefficient (Wildman–Crippen LogP) is 12.5. The molecule has 8 aromatic carbocycles. The molecule has 0 saturated carbocycles. The Morgan fingerprint density at radius 3 is 1.56 bits per heavy atom. The lowest BCUT2D eigenvalue weighted by atomic mass is 9.62. The average Bonchev–Trinajstić information content (AvgIpc) is 3.77. The second-order valence-electron chi connectivity index (χ2n) is 14.7. The number of rotatable bonds is 3. The van der Waals surface area contributed by atoms with Gasteiger partial charge in [0.15, 0.2) is 5.16 Å². The van der Waals surface area contributed by atoms with Gasteiger partial charge in [-0.3, -0.25) is 4.57 Å². The summed E-state index contributed by atoms with van der Waals surface area (Å²) in [6.07, 6.45) is 0. The van der Waals surface area contributed by atoms with Crippen molar-refractivity contribution in [2.75, 3.05) is 4.90 Å². The van der Waals surface area contributed by atoms with Gasteiger partial charge in [-0.1, -0.05) is 176 Å². The van der Waals surface area contributed by atoms with E-state index < -0.39 is 11.0 Å². The molecule has 9 aromatic rings. The molecule has 1 spiro atoms. The topological polar surface area (TPSA) is 21.1 Å². The van der Waals surface area contributed by atoms with Gasteiger partial charge in [0.2, 0.25) is 0 Å². The van der Waals surface area contributed by atoms with Gasteiger partial charge in [0.1, 0.15) is 5.54 Å². The molecule has 4 heteroatoms. The van der Waals surface area contributed by atoms with E-state index in [0.717, 1.165) is 21.9 Å². The van der Waals surface area contributed by atoms with Crippen LogP contribution in [0.5, 0.6) is 0 Å². The van der Waals surface area contributed by atoms with E-state index in [1.165, 1.54) is 66.3 Å². The molecule has 0 bridgehead atoms. The number of hydrogen-bond donors (Lipinski definition) is 0. The molecule has 12 rings (SSSR count). The second-order valence-corrected chi connectivity index (χ2v) is 15.7. The largest absolute Gasteiger partial charge is 0.310 e. The summed E-state index contributed by atoms with van der Waals surface area (Å²) in [5, 5.41) is 1.00.